The van der Waals surface area contributed by atoms with Crippen LogP contribution in [0, 0.1) is 11.3 Å². The summed E-state index contributed by atoms with van der Waals surface area (Å²) in [7, 11) is 0. The molecule has 1 saturated carbocycles. The Labute approximate surface area is 98.2 Å². The van der Waals surface area contributed by atoms with Gasteiger partial charge in [-0.2, -0.15) is 0 Å². The highest BCUT2D eigenvalue weighted by Crippen LogP contribution is 2.43. The molecule has 2 heteroatoms. The third-order valence-electron chi connectivity index (χ3n) is 4.04. The quantitative estimate of drug-likeness (QED) is 0.788. The molecule has 3 unspecified atom stereocenters. The molecule has 0 bridgehead atoms. The molecule has 0 aliphatic heterocycles. The van der Waals surface area contributed by atoms with Gasteiger partial charge in [0.25, 0.3) is 0 Å². The molecule has 0 amide bonds. The first-order valence-corrected chi connectivity index (χ1v) is 6.27. The maximum Gasteiger partial charge on any atom is 0.108 e. The van der Waals surface area contributed by atoms with E-state index in [1.54, 1.807) is 6.26 Å². The SMILES string of the molecule is CC(C)(C)C1CCC(N)C(c2ccco2)C1. The van der Waals surface area contributed by atoms with Crippen molar-refractivity contribution in [1.82, 2.24) is 0 Å². The average Bonchev–Trinajstić information content (AvgIpc) is 2.69. The van der Waals surface area contributed by atoms with Gasteiger partial charge in [0.15, 0.2) is 0 Å². The van der Waals surface area contributed by atoms with Crippen molar-refractivity contribution in [2.24, 2.45) is 17.1 Å². The van der Waals surface area contributed by atoms with E-state index >= 15 is 0 Å². The van der Waals surface area contributed by atoms with Crippen LogP contribution in [0.2, 0.25) is 0 Å². The third-order valence-corrected chi connectivity index (χ3v) is 4.04. The van der Waals surface area contributed by atoms with Crippen molar-refractivity contribution in [1.29, 1.82) is 0 Å². The number of hydrogen-bond acceptors (Lipinski definition) is 2. The highest BCUT2D eigenvalue weighted by atomic mass is 16.3. The van der Waals surface area contributed by atoms with Gasteiger partial charge in [0.2, 0.25) is 0 Å². The molecule has 16 heavy (non-hydrogen) atoms. The van der Waals surface area contributed by atoms with Crippen molar-refractivity contribution in [2.45, 2.75) is 52.0 Å². The van der Waals surface area contributed by atoms with E-state index in [0.717, 1.165) is 24.5 Å². The normalized spacial score (nSPS) is 31.6. The molecule has 0 spiro atoms. The lowest BCUT2D eigenvalue weighted by Gasteiger charge is -2.39. The molecule has 1 aromatic heterocycles. The fraction of sp³-hybridized carbons (Fsp3) is 0.714. The van der Waals surface area contributed by atoms with Gasteiger partial charge < -0.3 is 10.2 Å². The number of nitrogens with two attached hydrogens (primary N) is 1. The molecule has 1 aromatic rings. The fourth-order valence-electron chi connectivity index (χ4n) is 2.81. The molecule has 2 nitrogen and oxygen atoms in total. The zero-order valence-electron chi connectivity index (χ0n) is 10.6. The predicted octanol–water partition coefficient (Wildman–Crippen LogP) is 3.54. The van der Waals surface area contributed by atoms with Crippen molar-refractivity contribution in [2.75, 3.05) is 0 Å². The average molecular weight is 221 g/mol. The van der Waals surface area contributed by atoms with Crippen molar-refractivity contribution >= 4 is 0 Å². The van der Waals surface area contributed by atoms with Gasteiger partial charge in [-0.15, -0.1) is 0 Å². The van der Waals surface area contributed by atoms with E-state index in [4.69, 9.17) is 10.2 Å². The zero-order chi connectivity index (χ0) is 11.8. The molecular weight excluding hydrogens is 198 g/mol. The van der Waals surface area contributed by atoms with E-state index < -0.39 is 0 Å². The molecule has 0 aromatic carbocycles. The minimum atomic E-state index is 0.268. The molecule has 0 saturated heterocycles. The van der Waals surface area contributed by atoms with E-state index in [2.05, 4.69) is 26.8 Å². The van der Waals surface area contributed by atoms with E-state index in [9.17, 15) is 0 Å². The largest absolute Gasteiger partial charge is 0.469 e. The van der Waals surface area contributed by atoms with Crippen LogP contribution in [0.15, 0.2) is 22.8 Å². The fourth-order valence-corrected chi connectivity index (χ4v) is 2.81. The zero-order valence-corrected chi connectivity index (χ0v) is 10.6. The van der Waals surface area contributed by atoms with Gasteiger partial charge >= 0.3 is 0 Å². The Morgan fingerprint density at radius 1 is 1.31 bits per heavy atom. The first-order valence-electron chi connectivity index (χ1n) is 6.27. The van der Waals surface area contributed by atoms with Gasteiger partial charge in [0.05, 0.1) is 6.26 Å². The summed E-state index contributed by atoms with van der Waals surface area (Å²) in [6, 6.07) is 4.29. The van der Waals surface area contributed by atoms with Gasteiger partial charge in [-0.05, 0) is 42.7 Å². The van der Waals surface area contributed by atoms with Crippen LogP contribution < -0.4 is 5.73 Å². The maximum absolute atomic E-state index is 6.22. The molecule has 1 fully saturated rings. The third kappa shape index (κ3) is 2.32. The minimum absolute atomic E-state index is 0.268. The highest BCUT2D eigenvalue weighted by Gasteiger charge is 2.36. The summed E-state index contributed by atoms with van der Waals surface area (Å²) in [5, 5.41) is 0. The molecule has 2 rings (SSSR count). The van der Waals surface area contributed by atoms with Crippen molar-refractivity contribution in [3.63, 3.8) is 0 Å². The summed E-state index contributed by atoms with van der Waals surface area (Å²) in [4.78, 5) is 0. The van der Waals surface area contributed by atoms with Crippen LogP contribution in [-0.2, 0) is 0 Å². The van der Waals surface area contributed by atoms with Crippen LogP contribution in [0.5, 0.6) is 0 Å². The summed E-state index contributed by atoms with van der Waals surface area (Å²) in [5.41, 5.74) is 6.60. The molecular formula is C14H23NO. The number of rotatable bonds is 1. The van der Waals surface area contributed by atoms with Gasteiger partial charge in [-0.1, -0.05) is 20.8 Å². The van der Waals surface area contributed by atoms with Crippen LogP contribution in [0.4, 0.5) is 0 Å². The monoisotopic (exact) mass is 221 g/mol. The van der Waals surface area contributed by atoms with Gasteiger partial charge in [0, 0.05) is 12.0 Å². The summed E-state index contributed by atoms with van der Waals surface area (Å²) in [6.07, 6.45) is 5.29. The van der Waals surface area contributed by atoms with Crippen LogP contribution in [0.3, 0.4) is 0 Å². The van der Waals surface area contributed by atoms with Crippen molar-refractivity contribution in [3.05, 3.63) is 24.2 Å². The number of furan rings is 1. The van der Waals surface area contributed by atoms with E-state index in [0.29, 0.717) is 11.3 Å². The Balaban J connectivity index is 2.13. The van der Waals surface area contributed by atoms with E-state index in [-0.39, 0.29) is 6.04 Å². The predicted molar refractivity (Wildman–Crippen MR) is 66.2 cm³/mol. The van der Waals surface area contributed by atoms with E-state index in [1.165, 1.54) is 6.42 Å². The Bertz CT molecular complexity index is 323. The summed E-state index contributed by atoms with van der Waals surface area (Å²) in [5.74, 6) is 2.23. The van der Waals surface area contributed by atoms with Crippen LogP contribution in [0.25, 0.3) is 0 Å². The highest BCUT2D eigenvalue weighted by molar-refractivity contribution is 5.10. The topological polar surface area (TPSA) is 39.2 Å². The smallest absolute Gasteiger partial charge is 0.108 e. The Kier molecular flexibility index (Phi) is 3.11. The van der Waals surface area contributed by atoms with Gasteiger partial charge in [-0.25, -0.2) is 0 Å². The van der Waals surface area contributed by atoms with Crippen molar-refractivity contribution < 1.29 is 4.42 Å². The maximum atomic E-state index is 6.22. The standard InChI is InChI=1S/C14H23NO/c1-14(2,3)10-6-7-12(15)11(9-10)13-5-4-8-16-13/h4-5,8,10-12H,6-7,9,15H2,1-3H3. The second-order valence-corrected chi connectivity index (χ2v) is 6.16. The molecule has 1 heterocycles. The van der Waals surface area contributed by atoms with Crippen LogP contribution in [-0.4, -0.2) is 6.04 Å². The molecule has 0 radical (unpaired) electrons. The van der Waals surface area contributed by atoms with Gasteiger partial charge in [-0.3, -0.25) is 0 Å². The molecule has 1 aliphatic rings. The molecule has 2 N–H and O–H groups in total. The van der Waals surface area contributed by atoms with Crippen molar-refractivity contribution in [3.8, 4) is 0 Å². The van der Waals surface area contributed by atoms with Crippen LogP contribution >= 0.6 is 0 Å². The Morgan fingerprint density at radius 2 is 2.06 bits per heavy atom. The molecule has 3 atom stereocenters. The Morgan fingerprint density at radius 3 is 2.62 bits per heavy atom. The summed E-state index contributed by atoms with van der Waals surface area (Å²) < 4.78 is 5.52. The lowest BCUT2D eigenvalue weighted by Crippen LogP contribution is -2.38. The molecule has 1 aliphatic carbocycles. The first-order chi connectivity index (χ1) is 7.48. The second kappa shape index (κ2) is 4.25. The Hall–Kier alpha value is -0.760. The van der Waals surface area contributed by atoms with Crippen LogP contribution in [0.1, 0.15) is 51.7 Å². The summed E-state index contributed by atoms with van der Waals surface area (Å²) in [6.45, 7) is 6.98. The second-order valence-electron chi connectivity index (χ2n) is 6.16. The number of hydrogen-bond donors (Lipinski definition) is 1. The van der Waals surface area contributed by atoms with E-state index in [1.807, 2.05) is 6.07 Å². The lowest BCUT2D eigenvalue weighted by molar-refractivity contribution is 0.146. The van der Waals surface area contributed by atoms with Gasteiger partial charge in [0.1, 0.15) is 5.76 Å². The summed E-state index contributed by atoms with van der Waals surface area (Å²) >= 11 is 0. The minimum Gasteiger partial charge on any atom is -0.469 e. The first kappa shape index (κ1) is 11.7. The lowest BCUT2D eigenvalue weighted by atomic mass is 9.67. The molecule has 90 valence electrons.